The van der Waals surface area contributed by atoms with Gasteiger partial charge in [-0.2, -0.15) is 0 Å². The Morgan fingerprint density at radius 3 is 2.68 bits per heavy atom. The third-order valence-corrected chi connectivity index (χ3v) is 6.51. The normalized spacial score (nSPS) is 10.9. The fourth-order valence-corrected chi connectivity index (χ4v) is 4.44. The Morgan fingerprint density at radius 1 is 1.15 bits per heavy atom. The Bertz CT molecular complexity index is 1230. The summed E-state index contributed by atoms with van der Waals surface area (Å²) in [6.07, 6.45) is 2.84. The number of unbranched alkanes of at least 4 members (excludes halogenated alkanes) is 2. The smallest absolute Gasteiger partial charge is 0.316 e. The molecule has 0 fully saturated rings. The van der Waals surface area contributed by atoms with E-state index in [1.807, 2.05) is 18.2 Å². The van der Waals surface area contributed by atoms with Crippen LogP contribution in [0.2, 0.25) is 5.02 Å². The van der Waals surface area contributed by atoms with Crippen LogP contribution < -0.4 is 10.9 Å². The Morgan fingerprint density at radius 2 is 1.94 bits per heavy atom. The fourth-order valence-electron chi connectivity index (χ4n) is 3.41. The lowest BCUT2D eigenvalue weighted by molar-refractivity contribution is -0.139. The second-order valence-electron chi connectivity index (χ2n) is 7.66. The molecule has 3 aromatic rings. The van der Waals surface area contributed by atoms with Gasteiger partial charge in [0.05, 0.1) is 23.3 Å². The number of rotatable bonds is 11. The molecule has 7 nitrogen and oxygen atoms in total. The average Bonchev–Trinajstić information content (AvgIpc) is 2.83. The Kier molecular flexibility index (Phi) is 9.53. The van der Waals surface area contributed by atoms with Crippen molar-refractivity contribution in [1.29, 1.82) is 0 Å². The van der Waals surface area contributed by atoms with Crippen molar-refractivity contribution >= 4 is 46.1 Å². The summed E-state index contributed by atoms with van der Waals surface area (Å²) >= 11 is 7.33. The highest BCUT2D eigenvalue weighted by atomic mass is 35.5. The van der Waals surface area contributed by atoms with Crippen molar-refractivity contribution < 1.29 is 14.3 Å². The van der Waals surface area contributed by atoms with Crippen molar-refractivity contribution in [3.63, 3.8) is 0 Å². The Labute approximate surface area is 207 Å². The van der Waals surface area contributed by atoms with Crippen LogP contribution in [-0.4, -0.2) is 33.8 Å². The van der Waals surface area contributed by atoms with Crippen molar-refractivity contribution in [2.45, 2.75) is 51.4 Å². The van der Waals surface area contributed by atoms with Gasteiger partial charge in [-0.05, 0) is 43.2 Å². The number of ether oxygens (including phenoxy) is 1. The minimum Gasteiger partial charge on any atom is -0.465 e. The summed E-state index contributed by atoms with van der Waals surface area (Å²) in [5, 5.41) is 4.30. The van der Waals surface area contributed by atoms with Crippen LogP contribution in [0.3, 0.4) is 0 Å². The maximum Gasteiger partial charge on any atom is 0.316 e. The number of amides is 1. The summed E-state index contributed by atoms with van der Waals surface area (Å²) in [7, 11) is 0. The van der Waals surface area contributed by atoms with Crippen LogP contribution >= 0.6 is 23.4 Å². The highest BCUT2D eigenvalue weighted by molar-refractivity contribution is 7.99. The first-order valence-corrected chi connectivity index (χ1v) is 12.7. The summed E-state index contributed by atoms with van der Waals surface area (Å²) in [6, 6.07) is 12.1. The van der Waals surface area contributed by atoms with Gasteiger partial charge in [0, 0.05) is 23.7 Å². The maximum absolute atomic E-state index is 13.2. The van der Waals surface area contributed by atoms with Gasteiger partial charge in [0.2, 0.25) is 0 Å². The number of carbonyl (C=O) groups excluding carboxylic acids is 2. The van der Waals surface area contributed by atoms with Crippen LogP contribution in [0.5, 0.6) is 0 Å². The number of benzene rings is 2. The van der Waals surface area contributed by atoms with Crippen LogP contribution in [-0.2, 0) is 22.6 Å². The molecule has 180 valence electrons. The molecule has 1 aromatic heterocycles. The van der Waals surface area contributed by atoms with Gasteiger partial charge in [-0.25, -0.2) is 4.98 Å². The molecule has 0 saturated carbocycles. The Balaban J connectivity index is 1.88. The molecule has 2 aromatic carbocycles. The van der Waals surface area contributed by atoms with Crippen LogP contribution in [0.4, 0.5) is 0 Å². The zero-order valence-corrected chi connectivity index (χ0v) is 20.9. The maximum atomic E-state index is 13.2. The first-order chi connectivity index (χ1) is 16.4. The SMILES string of the molecule is CCCCCn1c(SCC(=O)OCC)nc2cc(C(=O)NCc3ccccc3Cl)ccc2c1=O. The molecule has 0 aliphatic rings. The fraction of sp³-hybridized carbons (Fsp3) is 0.360. The van der Waals surface area contributed by atoms with Crippen molar-refractivity contribution in [1.82, 2.24) is 14.9 Å². The molecular formula is C25H28ClN3O4S. The standard InChI is InChI=1S/C25H28ClN3O4S/c1-3-5-8-13-29-24(32)19-12-11-17(23(31)27-15-18-9-6-7-10-20(18)26)14-21(19)28-25(29)34-16-22(30)33-4-2/h6-7,9-12,14H,3-5,8,13,15-16H2,1-2H3,(H,27,31). The third kappa shape index (κ3) is 6.61. The second kappa shape index (κ2) is 12.6. The summed E-state index contributed by atoms with van der Waals surface area (Å²) < 4.78 is 6.61. The molecule has 1 N–H and O–H groups in total. The monoisotopic (exact) mass is 501 g/mol. The van der Waals surface area contributed by atoms with Crippen LogP contribution in [0.15, 0.2) is 52.4 Å². The molecule has 0 saturated heterocycles. The molecule has 0 atom stereocenters. The van der Waals surface area contributed by atoms with E-state index in [-0.39, 0.29) is 29.7 Å². The number of thioether (sulfide) groups is 1. The Hall–Kier alpha value is -2.84. The van der Waals surface area contributed by atoms with Gasteiger partial charge in [0.1, 0.15) is 0 Å². The molecule has 0 aliphatic heterocycles. The first-order valence-electron chi connectivity index (χ1n) is 11.3. The lowest BCUT2D eigenvalue weighted by Crippen LogP contribution is -2.25. The molecule has 1 heterocycles. The van der Waals surface area contributed by atoms with E-state index >= 15 is 0 Å². The number of hydrogen-bond donors (Lipinski definition) is 1. The van der Waals surface area contributed by atoms with Gasteiger partial charge >= 0.3 is 5.97 Å². The van der Waals surface area contributed by atoms with Gasteiger partial charge in [0.15, 0.2) is 5.16 Å². The van der Waals surface area contributed by atoms with Gasteiger partial charge in [-0.3, -0.25) is 19.0 Å². The zero-order chi connectivity index (χ0) is 24.5. The minimum absolute atomic E-state index is 0.0532. The predicted molar refractivity (Wildman–Crippen MR) is 136 cm³/mol. The lowest BCUT2D eigenvalue weighted by Gasteiger charge is -2.13. The minimum atomic E-state index is -0.366. The molecule has 34 heavy (non-hydrogen) atoms. The number of fused-ring (bicyclic) bond motifs is 1. The molecule has 3 rings (SSSR count). The van der Waals surface area contributed by atoms with E-state index in [9.17, 15) is 14.4 Å². The lowest BCUT2D eigenvalue weighted by atomic mass is 10.1. The number of hydrogen-bond acceptors (Lipinski definition) is 6. The highest BCUT2D eigenvalue weighted by Crippen LogP contribution is 2.20. The van der Waals surface area contributed by atoms with E-state index in [4.69, 9.17) is 16.3 Å². The van der Waals surface area contributed by atoms with Crippen molar-refractivity contribution in [3.8, 4) is 0 Å². The quantitative estimate of drug-likeness (QED) is 0.175. The number of esters is 1. The molecule has 0 bridgehead atoms. The van der Waals surface area contributed by atoms with Crippen LogP contribution in [0.1, 0.15) is 49.0 Å². The van der Waals surface area contributed by atoms with Crippen molar-refractivity contribution in [2.75, 3.05) is 12.4 Å². The molecule has 0 aliphatic carbocycles. The van der Waals surface area contributed by atoms with Crippen molar-refractivity contribution in [2.24, 2.45) is 0 Å². The molecule has 1 amide bonds. The van der Waals surface area contributed by atoms with E-state index in [1.54, 1.807) is 35.8 Å². The summed E-state index contributed by atoms with van der Waals surface area (Å²) in [6.45, 7) is 4.93. The van der Waals surface area contributed by atoms with E-state index < -0.39 is 0 Å². The summed E-state index contributed by atoms with van der Waals surface area (Å²) in [5.74, 6) is -0.608. The topological polar surface area (TPSA) is 90.3 Å². The number of aromatic nitrogens is 2. The predicted octanol–water partition coefficient (Wildman–Crippen LogP) is 4.83. The van der Waals surface area contributed by atoms with E-state index in [1.165, 1.54) is 11.8 Å². The zero-order valence-electron chi connectivity index (χ0n) is 19.3. The number of carbonyl (C=O) groups is 2. The highest BCUT2D eigenvalue weighted by Gasteiger charge is 2.16. The third-order valence-electron chi connectivity index (χ3n) is 5.19. The molecule has 0 unspecified atom stereocenters. The number of nitrogens with one attached hydrogen (secondary N) is 1. The first kappa shape index (κ1) is 25.8. The van der Waals surface area contributed by atoms with Gasteiger partial charge < -0.3 is 10.1 Å². The van der Waals surface area contributed by atoms with Crippen LogP contribution in [0.25, 0.3) is 10.9 Å². The average molecular weight is 502 g/mol. The molecule has 0 spiro atoms. The molecule has 0 radical (unpaired) electrons. The van der Waals surface area contributed by atoms with Gasteiger partial charge in [0.25, 0.3) is 11.5 Å². The summed E-state index contributed by atoms with van der Waals surface area (Å²) in [5.41, 5.74) is 1.42. The summed E-state index contributed by atoms with van der Waals surface area (Å²) in [4.78, 5) is 42.5. The van der Waals surface area contributed by atoms with Crippen molar-refractivity contribution in [3.05, 3.63) is 69.0 Å². The molecular weight excluding hydrogens is 474 g/mol. The van der Waals surface area contributed by atoms with E-state index in [0.29, 0.717) is 39.8 Å². The van der Waals surface area contributed by atoms with E-state index in [0.717, 1.165) is 24.8 Å². The number of nitrogens with zero attached hydrogens (tertiary/aromatic N) is 2. The second-order valence-corrected chi connectivity index (χ2v) is 9.01. The largest absolute Gasteiger partial charge is 0.465 e. The van der Waals surface area contributed by atoms with Crippen LogP contribution in [0, 0.1) is 0 Å². The van der Waals surface area contributed by atoms with E-state index in [2.05, 4.69) is 17.2 Å². The number of halogens is 1. The van der Waals surface area contributed by atoms with Gasteiger partial charge in [-0.1, -0.05) is 61.3 Å². The molecule has 9 heteroatoms. The van der Waals surface area contributed by atoms with Gasteiger partial charge in [-0.15, -0.1) is 0 Å².